The Morgan fingerprint density at radius 2 is 2.16 bits per heavy atom. The summed E-state index contributed by atoms with van der Waals surface area (Å²) in [5.74, 6) is -0.366. The first kappa shape index (κ1) is 18.4. The summed E-state index contributed by atoms with van der Waals surface area (Å²) in [7, 11) is 1.41. The predicted octanol–water partition coefficient (Wildman–Crippen LogP) is 3.14. The second-order valence-corrected chi connectivity index (χ2v) is 5.81. The van der Waals surface area contributed by atoms with Gasteiger partial charge in [0.2, 0.25) is 0 Å². The van der Waals surface area contributed by atoms with E-state index in [9.17, 15) is 20.0 Å². The molecule has 0 saturated carbocycles. The van der Waals surface area contributed by atoms with Crippen LogP contribution in [-0.2, 0) is 0 Å². The van der Waals surface area contributed by atoms with E-state index < -0.39 is 10.8 Å². The van der Waals surface area contributed by atoms with Gasteiger partial charge in [0.25, 0.3) is 11.6 Å². The quantitative estimate of drug-likeness (QED) is 0.448. The number of hydrogen-bond donors (Lipinski definition) is 2. The average molecular weight is 408 g/mol. The van der Waals surface area contributed by atoms with Gasteiger partial charge in [-0.2, -0.15) is 5.10 Å². The number of nitrogens with one attached hydrogen (secondary N) is 1. The van der Waals surface area contributed by atoms with Crippen molar-refractivity contribution < 1.29 is 19.6 Å². The number of hydrazone groups is 1. The van der Waals surface area contributed by atoms with Crippen molar-refractivity contribution in [2.24, 2.45) is 5.10 Å². The van der Waals surface area contributed by atoms with Crippen molar-refractivity contribution in [1.29, 1.82) is 0 Å². The Morgan fingerprint density at radius 3 is 2.80 bits per heavy atom. The first-order valence-electron chi connectivity index (χ1n) is 6.99. The molecule has 1 amide bonds. The molecule has 0 unspecified atom stereocenters. The molecule has 8 nitrogen and oxygen atoms in total. The third-order valence-electron chi connectivity index (χ3n) is 3.40. The Labute approximate surface area is 151 Å². The third-order valence-corrected chi connectivity index (χ3v) is 4.00. The molecule has 0 spiro atoms. The summed E-state index contributed by atoms with van der Waals surface area (Å²) in [4.78, 5) is 22.5. The van der Waals surface area contributed by atoms with Crippen molar-refractivity contribution in [3.8, 4) is 11.5 Å². The van der Waals surface area contributed by atoms with E-state index >= 15 is 0 Å². The third kappa shape index (κ3) is 4.13. The minimum atomic E-state index is -0.567. The number of nitro groups is 1. The van der Waals surface area contributed by atoms with Gasteiger partial charge in [0.1, 0.15) is 0 Å². The minimum Gasteiger partial charge on any atom is -0.503 e. The lowest BCUT2D eigenvalue weighted by molar-refractivity contribution is -0.385. The van der Waals surface area contributed by atoms with Crippen LogP contribution in [0.3, 0.4) is 0 Å². The van der Waals surface area contributed by atoms with Crippen LogP contribution in [-0.4, -0.2) is 29.3 Å². The van der Waals surface area contributed by atoms with Crippen LogP contribution in [0.1, 0.15) is 21.5 Å². The molecule has 2 N–H and O–H groups in total. The molecule has 0 heterocycles. The van der Waals surface area contributed by atoms with Crippen LogP contribution in [0.15, 0.2) is 39.9 Å². The molecule has 0 radical (unpaired) electrons. The van der Waals surface area contributed by atoms with Gasteiger partial charge in [-0.3, -0.25) is 14.9 Å². The highest BCUT2D eigenvalue weighted by molar-refractivity contribution is 9.10. The normalized spacial score (nSPS) is 10.7. The second-order valence-electron chi connectivity index (χ2n) is 4.96. The molecule has 9 heteroatoms. The number of halogens is 1. The maximum absolute atomic E-state index is 12.2. The Kier molecular flexibility index (Phi) is 5.71. The van der Waals surface area contributed by atoms with E-state index in [1.165, 1.54) is 44.5 Å². The van der Waals surface area contributed by atoms with Gasteiger partial charge in [-0.05, 0) is 46.6 Å². The molecule has 0 aliphatic rings. The van der Waals surface area contributed by atoms with E-state index in [4.69, 9.17) is 4.74 Å². The summed E-state index contributed by atoms with van der Waals surface area (Å²) < 4.78 is 5.43. The number of hydrogen-bond acceptors (Lipinski definition) is 6. The number of nitrogens with zero attached hydrogens (tertiary/aromatic N) is 2. The molecule has 0 aliphatic carbocycles. The summed E-state index contributed by atoms with van der Waals surface area (Å²) in [5.41, 5.74) is 3.17. The molecule has 130 valence electrons. The van der Waals surface area contributed by atoms with E-state index in [1.807, 2.05) is 0 Å². The molecule has 0 bridgehead atoms. The molecule has 0 aromatic heterocycles. The number of rotatable bonds is 5. The molecule has 2 aromatic carbocycles. The molecule has 0 saturated heterocycles. The van der Waals surface area contributed by atoms with Crippen LogP contribution in [0.4, 0.5) is 5.69 Å². The second kappa shape index (κ2) is 7.75. The summed E-state index contributed by atoms with van der Waals surface area (Å²) in [6, 6.07) is 7.37. The number of carbonyl (C=O) groups is 1. The van der Waals surface area contributed by atoms with E-state index in [-0.39, 0.29) is 28.3 Å². The highest BCUT2D eigenvalue weighted by atomic mass is 79.9. The smallest absolute Gasteiger partial charge is 0.273 e. The number of ether oxygens (including phenoxy) is 1. The van der Waals surface area contributed by atoms with Crippen LogP contribution >= 0.6 is 15.9 Å². The number of carbonyl (C=O) groups excluding carboxylic acids is 1. The van der Waals surface area contributed by atoms with E-state index in [0.717, 1.165) is 0 Å². The standard InChI is InChI=1S/C16H14BrN3O5/c1-9-11(4-3-5-13(9)20(23)24)16(22)19-18-8-10-6-12(17)15(21)14(7-10)25-2/h3-8,21H,1-2H3,(H,19,22)/b18-8+. The number of phenols is 1. The summed E-state index contributed by atoms with van der Waals surface area (Å²) in [6.45, 7) is 1.50. The molecule has 0 fully saturated rings. The van der Waals surface area contributed by atoms with E-state index in [2.05, 4.69) is 26.5 Å². The maximum atomic E-state index is 12.2. The van der Waals surface area contributed by atoms with Gasteiger partial charge in [-0.25, -0.2) is 5.43 Å². The van der Waals surface area contributed by atoms with Crippen LogP contribution in [0.5, 0.6) is 11.5 Å². The number of aromatic hydroxyl groups is 1. The number of phenolic OH excluding ortho intramolecular Hbond substituents is 1. The Bertz CT molecular complexity index is 867. The fourth-order valence-corrected chi connectivity index (χ4v) is 2.58. The SMILES string of the molecule is COc1cc(/C=N/NC(=O)c2cccc([N+](=O)[O-])c2C)cc(Br)c1O. The molecule has 0 aliphatic heterocycles. The zero-order chi connectivity index (χ0) is 18.6. The van der Waals surface area contributed by atoms with Crippen LogP contribution in [0.25, 0.3) is 0 Å². The summed E-state index contributed by atoms with van der Waals surface area (Å²) in [5, 5.41) is 24.5. The lowest BCUT2D eigenvalue weighted by atomic mass is 10.1. The molecule has 0 atom stereocenters. The van der Waals surface area contributed by atoms with Crippen molar-refractivity contribution in [2.75, 3.05) is 7.11 Å². The fourth-order valence-electron chi connectivity index (χ4n) is 2.12. The van der Waals surface area contributed by atoms with Gasteiger partial charge in [0.15, 0.2) is 11.5 Å². The number of benzene rings is 2. The molecule has 25 heavy (non-hydrogen) atoms. The van der Waals surface area contributed by atoms with Crippen molar-refractivity contribution >= 4 is 33.7 Å². The number of amides is 1. The monoisotopic (exact) mass is 407 g/mol. The number of methoxy groups -OCH3 is 1. The van der Waals surface area contributed by atoms with Crippen LogP contribution in [0.2, 0.25) is 0 Å². The van der Waals surface area contributed by atoms with Crippen molar-refractivity contribution in [2.45, 2.75) is 6.92 Å². The Hall–Kier alpha value is -2.94. The molecule has 2 aromatic rings. The molecular weight excluding hydrogens is 394 g/mol. The average Bonchev–Trinajstić information content (AvgIpc) is 2.57. The van der Waals surface area contributed by atoms with Gasteiger partial charge in [0.05, 0.1) is 28.3 Å². The van der Waals surface area contributed by atoms with Crippen molar-refractivity contribution in [3.05, 3.63) is 61.6 Å². The minimum absolute atomic E-state index is 0.0455. The Balaban J connectivity index is 2.18. The van der Waals surface area contributed by atoms with Gasteiger partial charge in [-0.15, -0.1) is 0 Å². The van der Waals surface area contributed by atoms with Gasteiger partial charge in [0, 0.05) is 11.6 Å². The fraction of sp³-hybridized carbons (Fsp3) is 0.125. The Morgan fingerprint density at radius 1 is 1.44 bits per heavy atom. The predicted molar refractivity (Wildman–Crippen MR) is 95.3 cm³/mol. The van der Waals surface area contributed by atoms with Gasteiger partial charge < -0.3 is 9.84 Å². The molecular formula is C16H14BrN3O5. The first-order chi connectivity index (χ1) is 11.8. The lowest BCUT2D eigenvalue weighted by Gasteiger charge is -2.06. The highest BCUT2D eigenvalue weighted by Gasteiger charge is 2.17. The number of nitro benzene ring substituents is 1. The van der Waals surface area contributed by atoms with Crippen molar-refractivity contribution in [1.82, 2.24) is 5.43 Å². The lowest BCUT2D eigenvalue weighted by Crippen LogP contribution is -2.19. The van der Waals surface area contributed by atoms with Gasteiger partial charge >= 0.3 is 0 Å². The van der Waals surface area contributed by atoms with E-state index in [0.29, 0.717) is 10.0 Å². The molecule has 2 rings (SSSR count). The van der Waals surface area contributed by atoms with Crippen LogP contribution in [0, 0.1) is 17.0 Å². The topological polar surface area (TPSA) is 114 Å². The van der Waals surface area contributed by atoms with Crippen molar-refractivity contribution in [3.63, 3.8) is 0 Å². The summed E-state index contributed by atoms with van der Waals surface area (Å²) >= 11 is 3.18. The largest absolute Gasteiger partial charge is 0.503 e. The summed E-state index contributed by atoms with van der Waals surface area (Å²) in [6.07, 6.45) is 1.36. The maximum Gasteiger partial charge on any atom is 0.273 e. The van der Waals surface area contributed by atoms with Gasteiger partial charge in [-0.1, -0.05) is 6.07 Å². The first-order valence-corrected chi connectivity index (χ1v) is 7.78. The highest BCUT2D eigenvalue weighted by Crippen LogP contribution is 2.34. The van der Waals surface area contributed by atoms with Crippen LogP contribution < -0.4 is 10.2 Å². The van der Waals surface area contributed by atoms with E-state index in [1.54, 1.807) is 6.07 Å². The zero-order valence-corrected chi connectivity index (χ0v) is 14.9. The zero-order valence-electron chi connectivity index (χ0n) is 13.3.